The summed E-state index contributed by atoms with van der Waals surface area (Å²) < 4.78 is 30.4. The summed E-state index contributed by atoms with van der Waals surface area (Å²) in [6.07, 6.45) is 7.29. The molecule has 14 heteroatoms. The quantitative estimate of drug-likeness (QED) is 0.107. The van der Waals surface area contributed by atoms with Crippen molar-refractivity contribution in [3.63, 3.8) is 0 Å². The van der Waals surface area contributed by atoms with Gasteiger partial charge in [0.25, 0.3) is 0 Å². The molecule has 338 valence electrons. The van der Waals surface area contributed by atoms with Crippen LogP contribution in [0.5, 0.6) is 5.75 Å². The number of aromatic nitrogens is 1. The normalized spacial score (nSPS) is 35.3. The number of nitrogens with zero attached hydrogens (tertiary/aromatic N) is 3. The van der Waals surface area contributed by atoms with Crippen LogP contribution < -0.4 is 9.64 Å². The van der Waals surface area contributed by atoms with Gasteiger partial charge in [0.15, 0.2) is 6.10 Å². The lowest BCUT2D eigenvalue weighted by Gasteiger charge is -2.63. The van der Waals surface area contributed by atoms with Gasteiger partial charge in [0.2, 0.25) is 5.60 Å². The molecule has 1 unspecified atom stereocenters. The minimum atomic E-state index is -2.41. The molecule has 2 saturated heterocycles. The number of methoxy groups -OCH3 is 3. The van der Waals surface area contributed by atoms with Gasteiger partial charge < -0.3 is 43.8 Å². The fourth-order valence-electron chi connectivity index (χ4n) is 13.7. The molecule has 6 heterocycles. The number of piperidine rings is 1. The van der Waals surface area contributed by atoms with Crippen LogP contribution in [-0.2, 0) is 50.6 Å². The molecule has 3 aromatic rings. The highest BCUT2D eigenvalue weighted by Gasteiger charge is 2.81. The average Bonchev–Trinajstić information content (AvgIpc) is 3.96. The largest absolute Gasteiger partial charge is 0.496 e. The van der Waals surface area contributed by atoms with E-state index in [1.807, 2.05) is 55.2 Å². The molecule has 5 aliphatic heterocycles. The SMILES string of the molecule is C=CCOCN1c2cc(OC)c([C@]3(C(=O)OC)C[C@H]4CN(CCc5c3[nH]c3ccccc53)C[C@](O)(CC)C4)cc2[C@]23CCN4CC=C[C@](CC)([C@H](OC(C)=O)[C@](O)(C(=O)OC)[C@@H]12)[C@H]43. The first kappa shape index (κ1) is 43.5. The standard InChI is InChI=1S/C49H62N4O10/c1-8-22-62-29-53-37-24-38(59-5)35(23-34(37)47-18-21-52-19-13-17-46(10-3,40(47)52)42(63-30(4)54)49(58,41(47)53)44(56)61-7)48(43(55)60-6)26-31-25-45(57,9-2)28-51(27-31)20-16-33-32-14-11-12-15-36(32)50-39(33)48/h8,11-15,17,23-24,31,40-42,50,57-58H,1,9-10,16,18-22,25-29H2,2-7H3/t31-,40-,41-,42-,45-,46-,47-,48+,49-/m0/s1. The van der Waals surface area contributed by atoms with E-state index in [1.54, 1.807) is 13.2 Å². The molecule has 9 rings (SSSR count). The number of aliphatic hydroxyl groups is 2. The minimum absolute atomic E-state index is 0.0659. The van der Waals surface area contributed by atoms with Crippen LogP contribution in [-0.4, -0.2) is 140 Å². The third kappa shape index (κ3) is 6.03. The molecule has 1 aliphatic carbocycles. The monoisotopic (exact) mass is 866 g/mol. The maximum atomic E-state index is 15.5. The fourth-order valence-corrected chi connectivity index (χ4v) is 13.7. The van der Waals surface area contributed by atoms with E-state index in [4.69, 9.17) is 23.7 Å². The van der Waals surface area contributed by atoms with Crippen molar-refractivity contribution in [2.24, 2.45) is 11.3 Å². The maximum Gasteiger partial charge on any atom is 0.344 e. The van der Waals surface area contributed by atoms with E-state index in [1.165, 1.54) is 21.1 Å². The molecule has 6 aliphatic rings. The summed E-state index contributed by atoms with van der Waals surface area (Å²) in [7, 11) is 4.25. The van der Waals surface area contributed by atoms with Crippen LogP contribution in [0, 0.1) is 11.3 Å². The van der Waals surface area contributed by atoms with E-state index in [2.05, 4.69) is 33.5 Å². The number of rotatable bonds is 11. The molecule has 0 radical (unpaired) electrons. The number of nitrogens with one attached hydrogen (secondary N) is 1. The zero-order valence-electron chi connectivity index (χ0n) is 37.4. The number of aromatic amines is 1. The highest BCUT2D eigenvalue weighted by molar-refractivity contribution is 5.95. The Hall–Kier alpha value is -4.73. The van der Waals surface area contributed by atoms with Crippen molar-refractivity contribution in [2.75, 3.05) is 72.3 Å². The second-order valence-electron chi connectivity index (χ2n) is 18.9. The molecule has 3 fully saturated rings. The highest BCUT2D eigenvalue weighted by Crippen LogP contribution is 2.68. The zero-order valence-corrected chi connectivity index (χ0v) is 37.4. The summed E-state index contributed by atoms with van der Waals surface area (Å²) in [4.78, 5) is 53.7. The zero-order chi connectivity index (χ0) is 44.7. The second-order valence-corrected chi connectivity index (χ2v) is 18.9. The number of esters is 3. The van der Waals surface area contributed by atoms with Crippen molar-refractivity contribution in [1.82, 2.24) is 14.8 Å². The summed E-state index contributed by atoms with van der Waals surface area (Å²) >= 11 is 0. The number of anilines is 1. The van der Waals surface area contributed by atoms with Crippen molar-refractivity contribution in [2.45, 2.75) is 99.5 Å². The Bertz CT molecular complexity index is 2360. The Morgan fingerprint density at radius 3 is 2.46 bits per heavy atom. The first-order chi connectivity index (χ1) is 30.3. The molecular weight excluding hydrogens is 805 g/mol. The number of hydrogen-bond donors (Lipinski definition) is 3. The number of benzene rings is 2. The number of carbonyl (C=O) groups excluding carboxylic acids is 3. The van der Waals surface area contributed by atoms with E-state index in [-0.39, 0.29) is 25.3 Å². The third-order valence-corrected chi connectivity index (χ3v) is 15.9. The van der Waals surface area contributed by atoms with Crippen LogP contribution in [0.15, 0.2) is 61.2 Å². The fraction of sp³-hybridized carbons (Fsp3) is 0.571. The van der Waals surface area contributed by atoms with Gasteiger partial charge in [0.05, 0.1) is 39.6 Å². The number of fused-ring (bicyclic) bond motifs is 6. The lowest BCUT2D eigenvalue weighted by molar-refractivity contribution is -0.229. The molecule has 0 amide bonds. The Morgan fingerprint density at radius 2 is 1.76 bits per heavy atom. The molecular formula is C49H62N4O10. The van der Waals surface area contributed by atoms with Gasteiger partial charge in [-0.25, -0.2) is 4.79 Å². The Morgan fingerprint density at radius 1 is 0.984 bits per heavy atom. The van der Waals surface area contributed by atoms with Crippen LogP contribution in [0.1, 0.15) is 75.3 Å². The minimum Gasteiger partial charge on any atom is -0.496 e. The predicted octanol–water partition coefficient (Wildman–Crippen LogP) is 4.52. The molecule has 2 bridgehead atoms. The highest BCUT2D eigenvalue weighted by atomic mass is 16.6. The van der Waals surface area contributed by atoms with Crippen LogP contribution in [0.3, 0.4) is 0 Å². The van der Waals surface area contributed by atoms with Gasteiger partial charge in [0, 0.05) is 83.9 Å². The van der Waals surface area contributed by atoms with Crippen LogP contribution in [0.25, 0.3) is 10.9 Å². The number of carbonyl (C=O) groups is 3. The Kier molecular flexibility index (Phi) is 10.9. The van der Waals surface area contributed by atoms with Gasteiger partial charge in [-0.05, 0) is 74.2 Å². The van der Waals surface area contributed by atoms with E-state index in [9.17, 15) is 19.8 Å². The number of H-pyrrole nitrogens is 1. The molecule has 3 N–H and O–H groups in total. The van der Waals surface area contributed by atoms with Gasteiger partial charge in [-0.3, -0.25) is 19.4 Å². The first-order valence-electron chi connectivity index (χ1n) is 22.5. The molecule has 2 aromatic carbocycles. The smallest absolute Gasteiger partial charge is 0.344 e. The van der Waals surface area contributed by atoms with Gasteiger partial charge in [-0.1, -0.05) is 50.3 Å². The van der Waals surface area contributed by atoms with E-state index in [0.29, 0.717) is 88.2 Å². The lowest BCUT2D eigenvalue weighted by atomic mass is 9.47. The molecule has 1 saturated carbocycles. The summed E-state index contributed by atoms with van der Waals surface area (Å²) in [5.41, 5.74) is -2.23. The third-order valence-electron chi connectivity index (χ3n) is 15.9. The van der Waals surface area contributed by atoms with Crippen LogP contribution in [0.2, 0.25) is 0 Å². The van der Waals surface area contributed by atoms with Gasteiger partial charge in [-0.15, -0.1) is 6.58 Å². The van der Waals surface area contributed by atoms with E-state index in [0.717, 1.165) is 27.7 Å². The van der Waals surface area contributed by atoms with Crippen molar-refractivity contribution < 1.29 is 48.3 Å². The molecule has 1 spiro atoms. The van der Waals surface area contributed by atoms with Crippen molar-refractivity contribution >= 4 is 34.5 Å². The lowest BCUT2D eigenvalue weighted by Crippen LogP contribution is -2.81. The van der Waals surface area contributed by atoms with Crippen molar-refractivity contribution in [3.8, 4) is 5.75 Å². The van der Waals surface area contributed by atoms with Gasteiger partial charge >= 0.3 is 17.9 Å². The molecule has 10 atom stereocenters. The summed E-state index contributed by atoms with van der Waals surface area (Å²) in [5, 5.41) is 26.7. The summed E-state index contributed by atoms with van der Waals surface area (Å²) in [6, 6.07) is 10.7. The van der Waals surface area contributed by atoms with Crippen molar-refractivity contribution in [1.29, 1.82) is 0 Å². The number of hydrogen-bond acceptors (Lipinski definition) is 13. The van der Waals surface area contributed by atoms with E-state index >= 15 is 4.79 Å². The molecule has 63 heavy (non-hydrogen) atoms. The van der Waals surface area contributed by atoms with Gasteiger partial charge in [0.1, 0.15) is 17.9 Å². The molecule has 14 nitrogen and oxygen atoms in total. The number of para-hydroxylation sites is 1. The number of ether oxygens (including phenoxy) is 5. The maximum absolute atomic E-state index is 15.5. The predicted molar refractivity (Wildman–Crippen MR) is 236 cm³/mol. The van der Waals surface area contributed by atoms with Crippen LogP contribution in [0.4, 0.5) is 5.69 Å². The summed E-state index contributed by atoms with van der Waals surface area (Å²) in [6.45, 7) is 12.4. The first-order valence-corrected chi connectivity index (χ1v) is 22.5. The van der Waals surface area contributed by atoms with E-state index < -0.39 is 57.5 Å². The Labute approximate surface area is 369 Å². The van der Waals surface area contributed by atoms with Crippen molar-refractivity contribution in [3.05, 3.63) is 83.6 Å². The Balaban J connectivity index is 1.38. The van der Waals surface area contributed by atoms with Gasteiger partial charge in [-0.2, -0.15) is 0 Å². The second kappa shape index (κ2) is 15.8. The summed E-state index contributed by atoms with van der Waals surface area (Å²) in [5.74, 6) is -1.75. The topological polar surface area (TPSA) is 163 Å². The van der Waals surface area contributed by atoms with Crippen LogP contribution >= 0.6 is 0 Å². The average molecular weight is 867 g/mol. The molecule has 1 aromatic heterocycles.